The first-order valence-corrected chi connectivity index (χ1v) is 16.5. The van der Waals surface area contributed by atoms with Crippen LogP contribution in [-0.4, -0.2) is 88.7 Å². The molecule has 5 atom stereocenters. The van der Waals surface area contributed by atoms with Gasteiger partial charge in [-0.25, -0.2) is 9.78 Å². The second kappa shape index (κ2) is 18.3. The van der Waals surface area contributed by atoms with Crippen LogP contribution in [0.3, 0.4) is 0 Å². The molecule has 1 aliphatic rings. The minimum atomic E-state index is -1.17. The van der Waals surface area contributed by atoms with Crippen LogP contribution in [0.5, 0.6) is 0 Å². The van der Waals surface area contributed by atoms with Crippen LogP contribution in [0.4, 0.5) is 0 Å². The molecule has 2 rings (SSSR count). The summed E-state index contributed by atoms with van der Waals surface area (Å²) in [6.07, 6.45) is 5.68. The molecule has 2 amide bonds. The molecular weight excluding hydrogens is 572 g/mol. The summed E-state index contributed by atoms with van der Waals surface area (Å²) in [5.41, 5.74) is -0.127. The summed E-state index contributed by atoms with van der Waals surface area (Å²) in [7, 11) is 1.94. The number of rotatable bonds is 18. The molecule has 43 heavy (non-hydrogen) atoms. The van der Waals surface area contributed by atoms with Gasteiger partial charge in [-0.3, -0.25) is 19.3 Å². The van der Waals surface area contributed by atoms with Gasteiger partial charge in [-0.15, -0.1) is 11.3 Å². The van der Waals surface area contributed by atoms with E-state index in [1.165, 1.54) is 12.3 Å². The molecule has 244 valence electrons. The monoisotopic (exact) mass is 624 g/mol. The Hall–Kier alpha value is -2.57. The maximum Gasteiger partial charge on any atom is 0.355 e. The van der Waals surface area contributed by atoms with Crippen molar-refractivity contribution in [2.75, 3.05) is 26.9 Å². The van der Waals surface area contributed by atoms with Gasteiger partial charge in [0.05, 0.1) is 6.04 Å². The van der Waals surface area contributed by atoms with Crippen LogP contribution in [0.15, 0.2) is 5.38 Å². The lowest BCUT2D eigenvalue weighted by atomic mass is 9.92. The number of esters is 1. The first-order chi connectivity index (χ1) is 20.4. The Morgan fingerprint density at radius 1 is 1.19 bits per heavy atom. The third-order valence-electron chi connectivity index (χ3n) is 8.21. The largest absolute Gasteiger partial charge is 0.476 e. The fourth-order valence-electron chi connectivity index (χ4n) is 5.37. The number of nitrogens with one attached hydrogen (secondary N) is 1. The Morgan fingerprint density at radius 3 is 2.47 bits per heavy atom. The normalized spacial score (nSPS) is 18.5. The third-order valence-corrected chi connectivity index (χ3v) is 9.14. The first kappa shape index (κ1) is 36.6. The van der Waals surface area contributed by atoms with Gasteiger partial charge >= 0.3 is 11.9 Å². The number of aromatic nitrogens is 1. The van der Waals surface area contributed by atoms with E-state index in [0.717, 1.165) is 56.4 Å². The molecule has 0 aliphatic carbocycles. The molecule has 0 spiro atoms. The number of nitrogens with zero attached hydrogens (tertiary/aromatic N) is 3. The number of amides is 2. The number of hydrogen-bond donors (Lipinski definition) is 2. The number of carbonyl (C=O) groups excluding carboxylic acids is 3. The summed E-state index contributed by atoms with van der Waals surface area (Å²) < 4.78 is 11.7. The number of hydrogen-bond acceptors (Lipinski definition) is 9. The van der Waals surface area contributed by atoms with E-state index in [2.05, 4.69) is 17.2 Å². The van der Waals surface area contributed by atoms with E-state index in [1.54, 1.807) is 4.90 Å². The van der Waals surface area contributed by atoms with E-state index >= 15 is 0 Å². The number of aromatic carboxylic acids is 1. The van der Waals surface area contributed by atoms with Gasteiger partial charge < -0.3 is 24.8 Å². The summed E-state index contributed by atoms with van der Waals surface area (Å²) in [5, 5.41) is 14.3. The van der Waals surface area contributed by atoms with Gasteiger partial charge in [-0.05, 0) is 44.7 Å². The lowest BCUT2D eigenvalue weighted by molar-refractivity contribution is -0.153. The van der Waals surface area contributed by atoms with E-state index in [9.17, 15) is 24.3 Å². The van der Waals surface area contributed by atoms with Gasteiger partial charge in [0.15, 0.2) is 11.8 Å². The smallest absolute Gasteiger partial charge is 0.355 e. The van der Waals surface area contributed by atoms with E-state index in [1.807, 2.05) is 39.6 Å². The summed E-state index contributed by atoms with van der Waals surface area (Å²) in [4.78, 5) is 59.5. The number of carboxylic acids is 1. The molecule has 1 saturated heterocycles. The predicted molar refractivity (Wildman–Crippen MR) is 166 cm³/mol. The molecular formula is C31H52N4O7S. The minimum Gasteiger partial charge on any atom is -0.476 e. The molecule has 0 bridgehead atoms. The molecule has 2 unspecified atom stereocenters. The SMILES string of the molecule is CCCCCOCN(C(=O)[C@@H](NC(=O)C1CCCCN1C)C(C)CC)[C@H](C[C@@H](OC(C)=O)c1nc(C(=O)O)cs1)C(C)C. The van der Waals surface area contributed by atoms with E-state index in [4.69, 9.17) is 9.47 Å². The van der Waals surface area contributed by atoms with Gasteiger partial charge in [-0.1, -0.05) is 60.3 Å². The Labute approximate surface area is 260 Å². The Bertz CT molecular complexity index is 1050. The zero-order valence-corrected chi connectivity index (χ0v) is 27.8. The maximum absolute atomic E-state index is 14.5. The molecule has 1 fully saturated rings. The van der Waals surface area contributed by atoms with E-state index < -0.39 is 30.1 Å². The highest BCUT2D eigenvalue weighted by molar-refractivity contribution is 7.09. The average Bonchev–Trinajstić information content (AvgIpc) is 3.46. The Morgan fingerprint density at radius 2 is 1.91 bits per heavy atom. The predicted octanol–water partition coefficient (Wildman–Crippen LogP) is 4.87. The molecule has 0 radical (unpaired) electrons. The van der Waals surface area contributed by atoms with Crippen LogP contribution >= 0.6 is 11.3 Å². The van der Waals surface area contributed by atoms with Crippen molar-refractivity contribution in [2.24, 2.45) is 11.8 Å². The summed E-state index contributed by atoms with van der Waals surface area (Å²) in [6, 6.07) is -1.51. The molecule has 2 N–H and O–H groups in total. The van der Waals surface area contributed by atoms with Crippen LogP contribution in [0.25, 0.3) is 0 Å². The summed E-state index contributed by atoms with van der Waals surface area (Å²) in [6.45, 7) is 12.6. The Kier molecular flexibility index (Phi) is 15.6. The van der Waals surface area contributed by atoms with Crippen molar-refractivity contribution in [2.45, 2.75) is 117 Å². The highest BCUT2D eigenvalue weighted by Gasteiger charge is 2.39. The molecule has 1 aromatic rings. The lowest BCUT2D eigenvalue weighted by Gasteiger charge is -2.40. The standard InChI is InChI=1S/C31H52N4O7S/c1-8-10-13-16-41-19-35(30(38)27(21(5)9-2)33-28(37)24-14-11-12-15-34(24)7)25(20(3)4)17-26(42-22(6)36)29-32-23(18-43-29)31(39)40/h18,20-21,24-27H,8-17,19H2,1-7H3,(H,33,37)(H,39,40)/t21?,24?,25-,26-,27+/m1/s1. The molecule has 0 aromatic carbocycles. The molecule has 0 saturated carbocycles. The third kappa shape index (κ3) is 11.1. The highest BCUT2D eigenvalue weighted by Crippen LogP contribution is 2.31. The summed E-state index contributed by atoms with van der Waals surface area (Å²) >= 11 is 1.10. The second-order valence-corrected chi connectivity index (χ2v) is 12.8. The van der Waals surface area contributed by atoms with E-state index in [-0.39, 0.29) is 48.5 Å². The van der Waals surface area contributed by atoms with Crippen LogP contribution < -0.4 is 5.32 Å². The Balaban J connectivity index is 2.43. The van der Waals surface area contributed by atoms with Gasteiger partial charge in [0.1, 0.15) is 17.8 Å². The molecule has 2 heterocycles. The quantitative estimate of drug-likeness (QED) is 0.133. The number of carbonyl (C=O) groups is 4. The average molecular weight is 625 g/mol. The number of thiazole rings is 1. The van der Waals surface area contributed by atoms with Crippen molar-refractivity contribution in [1.29, 1.82) is 0 Å². The van der Waals surface area contributed by atoms with E-state index in [0.29, 0.717) is 18.0 Å². The number of ether oxygens (including phenoxy) is 2. The van der Waals surface area contributed by atoms with Crippen LogP contribution in [0, 0.1) is 11.8 Å². The van der Waals surface area contributed by atoms with Gasteiger partial charge in [0.2, 0.25) is 11.8 Å². The second-order valence-electron chi connectivity index (χ2n) is 11.9. The molecule has 1 aromatic heterocycles. The fraction of sp³-hybridized carbons (Fsp3) is 0.774. The van der Waals surface area contributed by atoms with Crippen LogP contribution in [0.2, 0.25) is 0 Å². The molecule has 12 heteroatoms. The van der Waals surface area contributed by atoms with Crippen molar-refractivity contribution in [1.82, 2.24) is 20.1 Å². The number of likely N-dealkylation sites (tertiary alicyclic amines) is 1. The molecule has 11 nitrogen and oxygen atoms in total. The highest BCUT2D eigenvalue weighted by atomic mass is 32.1. The van der Waals surface area contributed by atoms with Crippen molar-refractivity contribution in [3.05, 3.63) is 16.1 Å². The number of carboxylic acid groups (broad SMARTS) is 1. The number of likely N-dealkylation sites (N-methyl/N-ethyl adjacent to an activating group) is 1. The number of unbranched alkanes of at least 4 members (excludes halogenated alkanes) is 2. The van der Waals surface area contributed by atoms with Crippen molar-refractivity contribution < 1.29 is 33.8 Å². The van der Waals surface area contributed by atoms with Gasteiger partial charge in [0.25, 0.3) is 0 Å². The zero-order chi connectivity index (χ0) is 32.1. The van der Waals surface area contributed by atoms with Crippen molar-refractivity contribution in [3.63, 3.8) is 0 Å². The number of piperidine rings is 1. The van der Waals surface area contributed by atoms with Crippen LogP contribution in [0.1, 0.15) is 115 Å². The topological polar surface area (TPSA) is 138 Å². The maximum atomic E-state index is 14.5. The van der Waals surface area contributed by atoms with Crippen molar-refractivity contribution in [3.8, 4) is 0 Å². The van der Waals surface area contributed by atoms with Crippen molar-refractivity contribution >= 4 is 35.1 Å². The minimum absolute atomic E-state index is 0.0164. The van der Waals surface area contributed by atoms with Gasteiger partial charge in [-0.2, -0.15) is 0 Å². The van der Waals surface area contributed by atoms with Gasteiger partial charge in [0, 0.05) is 31.4 Å². The lowest BCUT2D eigenvalue weighted by Crippen LogP contribution is -2.59. The first-order valence-electron chi connectivity index (χ1n) is 15.7. The zero-order valence-electron chi connectivity index (χ0n) is 27.0. The molecule has 1 aliphatic heterocycles. The summed E-state index contributed by atoms with van der Waals surface area (Å²) in [5.74, 6) is -2.32. The van der Waals surface area contributed by atoms with Crippen LogP contribution in [-0.2, 0) is 23.9 Å². The fourth-order valence-corrected chi connectivity index (χ4v) is 6.20.